The number of ether oxygens (including phenoxy) is 1. The Morgan fingerprint density at radius 2 is 2.19 bits per heavy atom. The van der Waals surface area contributed by atoms with Crippen molar-refractivity contribution >= 4 is 18.1 Å². The van der Waals surface area contributed by atoms with Crippen LogP contribution in [0.3, 0.4) is 0 Å². The maximum absolute atomic E-state index is 10.9. The van der Waals surface area contributed by atoms with Gasteiger partial charge in [-0.2, -0.15) is 0 Å². The van der Waals surface area contributed by atoms with Gasteiger partial charge in [0.15, 0.2) is 0 Å². The number of halogens is 1. The summed E-state index contributed by atoms with van der Waals surface area (Å²) in [6, 6.07) is 4.92. The van der Waals surface area contributed by atoms with Crippen molar-refractivity contribution in [2.75, 3.05) is 19.7 Å². The lowest BCUT2D eigenvalue weighted by molar-refractivity contribution is -0.385. The van der Waals surface area contributed by atoms with E-state index in [9.17, 15) is 10.1 Å². The van der Waals surface area contributed by atoms with Gasteiger partial charge in [0.1, 0.15) is 5.75 Å². The number of hydrogen-bond donors (Lipinski definition) is 1. The van der Waals surface area contributed by atoms with Gasteiger partial charge in [0.25, 0.3) is 5.69 Å². The summed E-state index contributed by atoms with van der Waals surface area (Å²) >= 11 is 0. The molecule has 0 bridgehead atoms. The predicted octanol–water partition coefficient (Wildman–Crippen LogP) is 2.19. The van der Waals surface area contributed by atoms with Crippen LogP contribution in [0.5, 0.6) is 5.75 Å². The lowest BCUT2D eigenvalue weighted by atomic mass is 10.1. The van der Waals surface area contributed by atoms with Gasteiger partial charge < -0.3 is 10.5 Å². The van der Waals surface area contributed by atoms with Gasteiger partial charge >= 0.3 is 0 Å². The Morgan fingerprint density at radius 3 is 2.71 bits per heavy atom. The van der Waals surface area contributed by atoms with Gasteiger partial charge in [-0.05, 0) is 18.9 Å². The van der Waals surface area contributed by atoms with Gasteiger partial charge in [-0.3, -0.25) is 15.0 Å². The third kappa shape index (κ3) is 4.30. The van der Waals surface area contributed by atoms with Crippen molar-refractivity contribution in [3.63, 3.8) is 0 Å². The molecular weight excluding hydrogens is 294 g/mol. The summed E-state index contributed by atoms with van der Waals surface area (Å²) < 4.78 is 5.56. The molecule has 118 valence electrons. The summed E-state index contributed by atoms with van der Waals surface area (Å²) in [5, 5.41) is 10.9. The summed E-state index contributed by atoms with van der Waals surface area (Å²) in [6.45, 7) is 6.93. The molecule has 2 N–H and O–H groups in total. The van der Waals surface area contributed by atoms with E-state index in [1.165, 1.54) is 6.07 Å². The Morgan fingerprint density at radius 1 is 1.48 bits per heavy atom. The summed E-state index contributed by atoms with van der Waals surface area (Å²) in [7, 11) is 0. The van der Waals surface area contributed by atoms with Crippen LogP contribution >= 0.6 is 12.4 Å². The molecule has 21 heavy (non-hydrogen) atoms. The first-order valence-electron chi connectivity index (χ1n) is 6.89. The Labute approximate surface area is 130 Å². The number of likely N-dealkylation sites (tertiary alicyclic amines) is 1. The highest BCUT2D eigenvalue weighted by atomic mass is 35.5. The molecule has 2 atom stereocenters. The highest BCUT2D eigenvalue weighted by Gasteiger charge is 2.27. The van der Waals surface area contributed by atoms with Crippen LogP contribution in [-0.2, 0) is 6.54 Å². The highest BCUT2D eigenvalue weighted by molar-refractivity contribution is 5.85. The zero-order valence-electron chi connectivity index (χ0n) is 12.3. The standard InChI is InChI=1S/C14H21N3O3.ClH/c1-3-20-14-5-4-12(17(18)19)6-11(14)8-16-7-10(2)13(15)9-16;/h4-6,10,13H,3,7-9,15H2,1-2H3;1H. The van der Waals surface area contributed by atoms with Crippen molar-refractivity contribution in [2.45, 2.75) is 26.4 Å². The van der Waals surface area contributed by atoms with Crippen LogP contribution in [0.15, 0.2) is 18.2 Å². The molecule has 0 spiro atoms. The Bertz CT molecular complexity index is 488. The average molecular weight is 316 g/mol. The van der Waals surface area contributed by atoms with Crippen molar-refractivity contribution in [3.05, 3.63) is 33.9 Å². The zero-order valence-corrected chi connectivity index (χ0v) is 13.1. The largest absolute Gasteiger partial charge is 0.494 e. The Hall–Kier alpha value is -1.37. The first-order chi connectivity index (χ1) is 9.51. The van der Waals surface area contributed by atoms with Crippen LogP contribution < -0.4 is 10.5 Å². The van der Waals surface area contributed by atoms with Crippen LogP contribution in [0.1, 0.15) is 19.4 Å². The second kappa shape index (κ2) is 7.59. The first kappa shape index (κ1) is 17.7. The number of nitro groups is 1. The summed E-state index contributed by atoms with van der Waals surface area (Å²) in [6.07, 6.45) is 0. The van der Waals surface area contributed by atoms with Crippen molar-refractivity contribution in [3.8, 4) is 5.75 Å². The maximum atomic E-state index is 10.9. The highest BCUT2D eigenvalue weighted by Crippen LogP contribution is 2.27. The van der Waals surface area contributed by atoms with E-state index in [1.54, 1.807) is 12.1 Å². The number of nitrogens with two attached hydrogens (primary N) is 1. The van der Waals surface area contributed by atoms with E-state index in [4.69, 9.17) is 10.5 Å². The minimum absolute atomic E-state index is 0. The molecule has 2 unspecified atom stereocenters. The number of hydrogen-bond acceptors (Lipinski definition) is 5. The normalized spacial score (nSPS) is 21.9. The maximum Gasteiger partial charge on any atom is 0.270 e. The fourth-order valence-corrected chi connectivity index (χ4v) is 2.56. The van der Waals surface area contributed by atoms with Crippen LogP contribution in [0, 0.1) is 16.0 Å². The van der Waals surface area contributed by atoms with E-state index in [-0.39, 0.29) is 29.1 Å². The van der Waals surface area contributed by atoms with Gasteiger partial charge in [-0.15, -0.1) is 12.4 Å². The molecule has 1 aliphatic rings. The number of nitrogens with zero attached hydrogens (tertiary/aromatic N) is 2. The molecular formula is C14H22ClN3O3. The van der Waals surface area contributed by atoms with Crippen LogP contribution in [0.4, 0.5) is 5.69 Å². The molecule has 1 aromatic carbocycles. The molecule has 7 heteroatoms. The van der Waals surface area contributed by atoms with E-state index in [0.29, 0.717) is 24.8 Å². The molecule has 1 saturated heterocycles. The number of nitro benzene ring substituents is 1. The monoisotopic (exact) mass is 315 g/mol. The van der Waals surface area contributed by atoms with E-state index in [2.05, 4.69) is 11.8 Å². The quantitative estimate of drug-likeness (QED) is 0.665. The van der Waals surface area contributed by atoms with Crippen LogP contribution in [0.25, 0.3) is 0 Å². The topological polar surface area (TPSA) is 81.6 Å². The van der Waals surface area contributed by atoms with Crippen molar-refractivity contribution in [1.29, 1.82) is 0 Å². The van der Waals surface area contributed by atoms with E-state index in [0.717, 1.165) is 18.7 Å². The summed E-state index contributed by atoms with van der Waals surface area (Å²) in [5.74, 6) is 1.16. The van der Waals surface area contributed by atoms with Crippen molar-refractivity contribution in [1.82, 2.24) is 4.90 Å². The molecule has 1 aromatic rings. The molecule has 0 radical (unpaired) electrons. The minimum Gasteiger partial charge on any atom is -0.494 e. The molecule has 1 fully saturated rings. The average Bonchev–Trinajstić information content (AvgIpc) is 2.70. The Balaban J connectivity index is 0.00000220. The number of benzene rings is 1. The van der Waals surface area contributed by atoms with E-state index in [1.807, 2.05) is 6.92 Å². The van der Waals surface area contributed by atoms with Crippen molar-refractivity contribution < 1.29 is 9.66 Å². The third-order valence-corrected chi connectivity index (χ3v) is 3.69. The number of rotatable bonds is 5. The molecule has 2 rings (SSSR count). The van der Waals surface area contributed by atoms with Crippen LogP contribution in [0.2, 0.25) is 0 Å². The van der Waals surface area contributed by atoms with Gasteiger partial charge in [-0.1, -0.05) is 6.92 Å². The van der Waals surface area contributed by atoms with Crippen LogP contribution in [-0.4, -0.2) is 35.6 Å². The van der Waals surface area contributed by atoms with Gasteiger partial charge in [0, 0.05) is 43.4 Å². The third-order valence-electron chi connectivity index (χ3n) is 3.69. The second-order valence-corrected chi connectivity index (χ2v) is 5.32. The fourth-order valence-electron chi connectivity index (χ4n) is 2.56. The summed E-state index contributed by atoms with van der Waals surface area (Å²) in [5.41, 5.74) is 6.96. The Kier molecular flexibility index (Phi) is 6.39. The van der Waals surface area contributed by atoms with Gasteiger partial charge in [0.2, 0.25) is 0 Å². The van der Waals surface area contributed by atoms with Gasteiger partial charge in [-0.25, -0.2) is 0 Å². The molecule has 0 amide bonds. The minimum atomic E-state index is -0.377. The lowest BCUT2D eigenvalue weighted by Crippen LogP contribution is -2.28. The SMILES string of the molecule is CCOc1ccc([N+](=O)[O-])cc1CN1CC(C)C(N)C1.Cl. The zero-order chi connectivity index (χ0) is 14.7. The first-order valence-corrected chi connectivity index (χ1v) is 6.89. The molecule has 1 aliphatic heterocycles. The second-order valence-electron chi connectivity index (χ2n) is 5.32. The lowest BCUT2D eigenvalue weighted by Gasteiger charge is -2.17. The molecule has 1 heterocycles. The van der Waals surface area contributed by atoms with Gasteiger partial charge in [0.05, 0.1) is 11.5 Å². The molecule has 0 aliphatic carbocycles. The molecule has 0 saturated carbocycles. The van der Waals surface area contributed by atoms with E-state index < -0.39 is 0 Å². The number of non-ortho nitro benzene ring substituents is 1. The predicted molar refractivity (Wildman–Crippen MR) is 83.9 cm³/mol. The smallest absolute Gasteiger partial charge is 0.270 e. The summed E-state index contributed by atoms with van der Waals surface area (Å²) in [4.78, 5) is 12.7. The fraction of sp³-hybridized carbons (Fsp3) is 0.571. The molecule has 6 nitrogen and oxygen atoms in total. The van der Waals surface area contributed by atoms with E-state index >= 15 is 0 Å². The molecule has 0 aromatic heterocycles. The van der Waals surface area contributed by atoms with Crippen molar-refractivity contribution in [2.24, 2.45) is 11.7 Å².